The summed E-state index contributed by atoms with van der Waals surface area (Å²) < 4.78 is 0. The van der Waals surface area contributed by atoms with E-state index in [9.17, 15) is 5.26 Å². The van der Waals surface area contributed by atoms with Gasteiger partial charge in [0.2, 0.25) is 0 Å². The minimum atomic E-state index is 0.174. The summed E-state index contributed by atoms with van der Waals surface area (Å²) in [6, 6.07) is 17.0. The molecule has 1 heterocycles. The lowest BCUT2D eigenvalue weighted by Gasteiger charge is -2.14. The highest BCUT2D eigenvalue weighted by Crippen LogP contribution is 2.40. The summed E-state index contributed by atoms with van der Waals surface area (Å²) in [7, 11) is 0. The van der Waals surface area contributed by atoms with E-state index < -0.39 is 0 Å². The van der Waals surface area contributed by atoms with Crippen LogP contribution in [-0.2, 0) is 0 Å². The van der Waals surface area contributed by atoms with Crippen molar-refractivity contribution in [2.24, 2.45) is 0 Å². The van der Waals surface area contributed by atoms with E-state index >= 15 is 0 Å². The van der Waals surface area contributed by atoms with Crippen LogP contribution in [-0.4, -0.2) is 4.98 Å². The minimum absolute atomic E-state index is 0.174. The Morgan fingerprint density at radius 1 is 1.00 bits per heavy atom. The number of benzene rings is 2. The smallest absolute Gasteiger partial charge is 0.141 e. The third-order valence-corrected chi connectivity index (χ3v) is 4.05. The molecule has 0 aliphatic rings. The van der Waals surface area contributed by atoms with Crippen LogP contribution in [0.4, 0.5) is 5.82 Å². The summed E-state index contributed by atoms with van der Waals surface area (Å²) in [5, 5.41) is 10.5. The highest BCUT2D eigenvalue weighted by atomic mass is 35.5. The van der Waals surface area contributed by atoms with Gasteiger partial charge in [-0.05, 0) is 17.7 Å². The van der Waals surface area contributed by atoms with Gasteiger partial charge in [0.25, 0.3) is 0 Å². The molecule has 0 atom stereocenters. The first-order valence-corrected chi connectivity index (χ1v) is 7.57. The molecule has 0 saturated carbocycles. The van der Waals surface area contributed by atoms with Crippen LogP contribution in [0.15, 0.2) is 54.7 Å². The molecular formula is C18H11Cl2N3. The first kappa shape index (κ1) is 15.4. The number of nitrogens with zero attached hydrogens (tertiary/aromatic N) is 2. The summed E-state index contributed by atoms with van der Waals surface area (Å²) in [5.41, 5.74) is 9.27. The largest absolute Gasteiger partial charge is 0.383 e. The molecule has 3 nitrogen and oxygen atoms in total. The Bertz CT molecular complexity index is 916. The third-order valence-electron chi connectivity index (χ3n) is 3.51. The van der Waals surface area contributed by atoms with E-state index in [-0.39, 0.29) is 5.82 Å². The maximum atomic E-state index is 9.54. The van der Waals surface area contributed by atoms with Crippen LogP contribution in [0, 0.1) is 11.3 Å². The van der Waals surface area contributed by atoms with Gasteiger partial charge in [-0.2, -0.15) is 5.26 Å². The van der Waals surface area contributed by atoms with Crippen molar-refractivity contribution in [2.75, 3.05) is 5.73 Å². The molecular weight excluding hydrogens is 329 g/mol. The Morgan fingerprint density at radius 3 is 2.39 bits per heavy atom. The van der Waals surface area contributed by atoms with Crippen molar-refractivity contribution in [3.05, 3.63) is 70.3 Å². The van der Waals surface area contributed by atoms with Gasteiger partial charge in [0.15, 0.2) is 0 Å². The van der Waals surface area contributed by atoms with E-state index in [0.717, 1.165) is 11.1 Å². The molecule has 1 aromatic heterocycles. The summed E-state index contributed by atoms with van der Waals surface area (Å²) in [6.07, 6.45) is 1.66. The van der Waals surface area contributed by atoms with Crippen LogP contribution in [0.5, 0.6) is 0 Å². The highest BCUT2D eigenvalue weighted by molar-refractivity contribution is 6.36. The first-order valence-electron chi connectivity index (χ1n) is 6.81. The third kappa shape index (κ3) is 2.87. The van der Waals surface area contributed by atoms with Crippen molar-refractivity contribution in [1.82, 2.24) is 4.98 Å². The fourth-order valence-corrected chi connectivity index (χ4v) is 2.95. The second-order valence-electron chi connectivity index (χ2n) is 4.91. The number of halogens is 2. The SMILES string of the molecule is N#Cc1c(N)ncc(-c2ccccc2)c1-c1ccc(Cl)cc1Cl. The molecule has 0 unspecified atom stereocenters. The standard InChI is InChI=1S/C18H11Cl2N3/c19-12-6-7-13(16(20)8-12)17-14(9-21)18(22)23-10-15(17)11-4-2-1-3-5-11/h1-8,10H,(H2,22,23). The highest BCUT2D eigenvalue weighted by Gasteiger charge is 2.18. The Hall–Kier alpha value is -2.54. The minimum Gasteiger partial charge on any atom is -0.383 e. The summed E-state index contributed by atoms with van der Waals surface area (Å²) in [6.45, 7) is 0. The van der Waals surface area contributed by atoms with Gasteiger partial charge in [0.1, 0.15) is 17.5 Å². The molecule has 0 bridgehead atoms. The molecule has 3 rings (SSSR count). The molecule has 0 radical (unpaired) electrons. The lowest BCUT2D eigenvalue weighted by molar-refractivity contribution is 1.31. The molecule has 3 aromatic rings. The van der Waals surface area contributed by atoms with E-state index in [1.807, 2.05) is 30.3 Å². The van der Waals surface area contributed by atoms with Crippen molar-refractivity contribution in [3.63, 3.8) is 0 Å². The van der Waals surface area contributed by atoms with Gasteiger partial charge in [0, 0.05) is 32.9 Å². The Kier molecular flexibility index (Phi) is 4.20. The average Bonchev–Trinajstić information content (AvgIpc) is 2.55. The zero-order valence-electron chi connectivity index (χ0n) is 11.9. The van der Waals surface area contributed by atoms with E-state index in [1.54, 1.807) is 24.4 Å². The van der Waals surface area contributed by atoms with Crippen LogP contribution >= 0.6 is 23.2 Å². The van der Waals surface area contributed by atoms with Crippen molar-refractivity contribution in [3.8, 4) is 28.3 Å². The zero-order chi connectivity index (χ0) is 16.4. The second-order valence-corrected chi connectivity index (χ2v) is 5.75. The van der Waals surface area contributed by atoms with E-state index in [2.05, 4.69) is 11.1 Å². The Morgan fingerprint density at radius 2 is 1.74 bits per heavy atom. The molecule has 0 spiro atoms. The van der Waals surface area contributed by atoms with Gasteiger partial charge < -0.3 is 5.73 Å². The summed E-state index contributed by atoms with van der Waals surface area (Å²) in [5.74, 6) is 0.174. The van der Waals surface area contributed by atoms with E-state index in [1.165, 1.54) is 0 Å². The lowest BCUT2D eigenvalue weighted by Crippen LogP contribution is -2.00. The maximum Gasteiger partial charge on any atom is 0.141 e. The van der Waals surface area contributed by atoms with Crippen LogP contribution < -0.4 is 5.73 Å². The van der Waals surface area contributed by atoms with Crippen LogP contribution in [0.1, 0.15) is 5.56 Å². The molecule has 0 aliphatic heterocycles. The second kappa shape index (κ2) is 6.29. The fraction of sp³-hybridized carbons (Fsp3) is 0. The fourth-order valence-electron chi connectivity index (χ4n) is 2.45. The number of rotatable bonds is 2. The molecule has 23 heavy (non-hydrogen) atoms. The topological polar surface area (TPSA) is 62.7 Å². The molecule has 0 amide bonds. The summed E-state index contributed by atoms with van der Waals surface area (Å²) >= 11 is 12.3. The van der Waals surface area contributed by atoms with Crippen LogP contribution in [0.2, 0.25) is 10.0 Å². The number of hydrogen-bond donors (Lipinski definition) is 1. The van der Waals surface area contributed by atoms with Gasteiger partial charge in [-0.25, -0.2) is 4.98 Å². The molecule has 0 saturated heterocycles. The molecule has 0 fully saturated rings. The van der Waals surface area contributed by atoms with Gasteiger partial charge in [-0.15, -0.1) is 0 Å². The van der Waals surface area contributed by atoms with Crippen molar-refractivity contribution in [2.45, 2.75) is 0 Å². The summed E-state index contributed by atoms with van der Waals surface area (Å²) in [4.78, 5) is 4.15. The monoisotopic (exact) mass is 339 g/mol. The van der Waals surface area contributed by atoms with Crippen molar-refractivity contribution in [1.29, 1.82) is 5.26 Å². The van der Waals surface area contributed by atoms with E-state index in [0.29, 0.717) is 26.7 Å². The first-order chi connectivity index (χ1) is 11.1. The zero-order valence-corrected chi connectivity index (χ0v) is 13.4. The number of pyridine rings is 1. The lowest BCUT2D eigenvalue weighted by atomic mass is 9.92. The predicted molar refractivity (Wildman–Crippen MR) is 94.3 cm³/mol. The Labute approximate surface area is 143 Å². The molecule has 2 N–H and O–H groups in total. The van der Waals surface area contributed by atoms with Gasteiger partial charge in [-0.1, -0.05) is 59.6 Å². The molecule has 0 aliphatic carbocycles. The number of aromatic nitrogens is 1. The number of nitrogens with two attached hydrogens (primary N) is 1. The number of hydrogen-bond acceptors (Lipinski definition) is 3. The normalized spacial score (nSPS) is 10.3. The van der Waals surface area contributed by atoms with Gasteiger partial charge in [0.05, 0.1) is 0 Å². The van der Waals surface area contributed by atoms with Gasteiger partial charge in [-0.3, -0.25) is 0 Å². The van der Waals surface area contributed by atoms with Gasteiger partial charge >= 0.3 is 0 Å². The average molecular weight is 340 g/mol. The molecule has 112 valence electrons. The van der Waals surface area contributed by atoms with Crippen molar-refractivity contribution < 1.29 is 0 Å². The van der Waals surface area contributed by atoms with Crippen molar-refractivity contribution >= 4 is 29.0 Å². The van der Waals surface area contributed by atoms with E-state index in [4.69, 9.17) is 28.9 Å². The number of anilines is 1. The predicted octanol–water partition coefficient (Wildman–Crippen LogP) is 5.18. The number of nitrogen functional groups attached to an aromatic ring is 1. The Balaban J connectivity index is 2.38. The quantitative estimate of drug-likeness (QED) is 0.699. The van der Waals surface area contributed by atoms with Crippen LogP contribution in [0.3, 0.4) is 0 Å². The molecule has 5 heteroatoms. The number of nitriles is 1. The van der Waals surface area contributed by atoms with Crippen LogP contribution in [0.25, 0.3) is 22.3 Å². The molecule has 2 aromatic carbocycles. The maximum absolute atomic E-state index is 9.54.